The topological polar surface area (TPSA) is 20.2 Å². The van der Waals surface area contributed by atoms with E-state index < -0.39 is 5.60 Å². The van der Waals surface area contributed by atoms with Gasteiger partial charge in [0.15, 0.2) is 0 Å². The van der Waals surface area contributed by atoms with E-state index in [0.29, 0.717) is 0 Å². The van der Waals surface area contributed by atoms with Crippen LogP contribution in [0.3, 0.4) is 0 Å². The van der Waals surface area contributed by atoms with E-state index in [2.05, 4.69) is 12.1 Å². The maximum absolute atomic E-state index is 9.63. The second-order valence-corrected chi connectivity index (χ2v) is 4.58. The fraction of sp³-hybridized carbons (Fsp3) is 0.333. The zero-order valence-corrected chi connectivity index (χ0v) is 9.26. The first-order chi connectivity index (χ1) is 5.00. The highest BCUT2D eigenvalue weighted by molar-refractivity contribution is 6.32. The van der Waals surface area contributed by atoms with Crippen LogP contribution in [0.4, 0.5) is 0 Å². The average molecular weight is 166 g/mol. The highest BCUT2D eigenvalue weighted by atomic mass is 28.1. The molecule has 0 aromatic heterocycles. The normalized spacial score (nSPS) is 11.9. The number of rotatable bonds is 1. The maximum Gasteiger partial charge on any atom is 0.0840 e. The minimum absolute atomic E-state index is 0.694. The molecule has 0 atom stereocenters. The van der Waals surface area contributed by atoms with Gasteiger partial charge in [-0.15, -0.1) is 0 Å². The van der Waals surface area contributed by atoms with Crippen LogP contribution in [0.25, 0.3) is 0 Å². The molecule has 0 aliphatic rings. The van der Waals surface area contributed by atoms with E-state index in [1.165, 1.54) is 5.19 Å². The minimum atomic E-state index is -0.694. The van der Waals surface area contributed by atoms with Gasteiger partial charge in [0.05, 0.1) is 5.60 Å². The van der Waals surface area contributed by atoms with E-state index in [-0.39, 0.29) is 0 Å². The molecular formula is C9H14OSi. The number of hydrogen-bond acceptors (Lipinski definition) is 1. The summed E-state index contributed by atoms with van der Waals surface area (Å²) >= 11 is 0. The predicted molar refractivity (Wildman–Crippen MR) is 51.3 cm³/mol. The molecule has 1 nitrogen and oxygen atoms in total. The van der Waals surface area contributed by atoms with Gasteiger partial charge in [-0.25, -0.2) is 0 Å². The van der Waals surface area contributed by atoms with E-state index in [1.54, 1.807) is 0 Å². The van der Waals surface area contributed by atoms with Gasteiger partial charge in [0.25, 0.3) is 0 Å². The van der Waals surface area contributed by atoms with Crippen molar-refractivity contribution in [3.63, 3.8) is 0 Å². The van der Waals surface area contributed by atoms with Crippen LogP contribution in [-0.4, -0.2) is 15.3 Å². The lowest BCUT2D eigenvalue weighted by molar-refractivity contribution is 0.0787. The molecule has 0 bridgehead atoms. The summed E-state index contributed by atoms with van der Waals surface area (Å²) in [7, 11) is 1.04. The van der Waals surface area contributed by atoms with Gasteiger partial charge >= 0.3 is 0 Å². The molecule has 0 spiro atoms. The third-order valence-electron chi connectivity index (χ3n) is 1.72. The molecular weight excluding hydrogens is 152 g/mol. The molecule has 2 heteroatoms. The van der Waals surface area contributed by atoms with Crippen molar-refractivity contribution < 1.29 is 5.11 Å². The van der Waals surface area contributed by atoms with Crippen LogP contribution in [0.15, 0.2) is 24.3 Å². The lowest BCUT2D eigenvalue weighted by Gasteiger charge is -2.17. The SMILES string of the molecule is CC(C)(O)c1cccc([SiH3])c1. The smallest absolute Gasteiger partial charge is 0.0840 e. The number of benzene rings is 1. The van der Waals surface area contributed by atoms with Crippen LogP contribution in [0, 0.1) is 0 Å². The fourth-order valence-electron chi connectivity index (χ4n) is 1.03. The predicted octanol–water partition coefficient (Wildman–Crippen LogP) is -0.0953. The number of aliphatic hydroxyl groups is 1. The van der Waals surface area contributed by atoms with E-state index in [1.807, 2.05) is 26.0 Å². The first-order valence-electron chi connectivity index (χ1n) is 3.79. The lowest BCUT2D eigenvalue weighted by atomic mass is 9.99. The summed E-state index contributed by atoms with van der Waals surface area (Å²) in [4.78, 5) is 0. The monoisotopic (exact) mass is 166 g/mol. The Morgan fingerprint density at radius 1 is 1.36 bits per heavy atom. The first kappa shape index (κ1) is 8.49. The molecule has 0 saturated heterocycles. The molecule has 0 aliphatic carbocycles. The second kappa shape index (κ2) is 2.79. The molecule has 1 N–H and O–H groups in total. The van der Waals surface area contributed by atoms with E-state index in [9.17, 15) is 5.11 Å². The molecule has 0 amide bonds. The largest absolute Gasteiger partial charge is 0.386 e. The van der Waals surface area contributed by atoms with E-state index >= 15 is 0 Å². The Morgan fingerprint density at radius 2 is 2.00 bits per heavy atom. The summed E-state index contributed by atoms with van der Waals surface area (Å²) in [5.74, 6) is 0. The Balaban J connectivity index is 3.06. The highest BCUT2D eigenvalue weighted by Gasteiger charge is 2.14. The second-order valence-electron chi connectivity index (χ2n) is 3.43. The molecule has 0 heterocycles. The third kappa shape index (κ3) is 2.17. The molecule has 60 valence electrons. The van der Waals surface area contributed by atoms with Crippen molar-refractivity contribution in [2.75, 3.05) is 0 Å². The fourth-order valence-corrected chi connectivity index (χ4v) is 1.53. The van der Waals surface area contributed by atoms with Crippen molar-refractivity contribution in [2.24, 2.45) is 0 Å². The van der Waals surface area contributed by atoms with Crippen LogP contribution >= 0.6 is 0 Å². The Kier molecular flexibility index (Phi) is 2.16. The van der Waals surface area contributed by atoms with E-state index in [4.69, 9.17) is 0 Å². The summed E-state index contributed by atoms with van der Waals surface area (Å²) < 4.78 is 0. The van der Waals surface area contributed by atoms with Crippen LogP contribution < -0.4 is 5.19 Å². The van der Waals surface area contributed by atoms with Crippen LogP contribution in [0.1, 0.15) is 19.4 Å². The Hall–Kier alpha value is -0.603. The highest BCUT2D eigenvalue weighted by Crippen LogP contribution is 2.17. The summed E-state index contributed by atoms with van der Waals surface area (Å²) in [5, 5.41) is 11.0. The van der Waals surface area contributed by atoms with Gasteiger partial charge in [0.2, 0.25) is 0 Å². The standard InChI is InChI=1S/C9H14OSi/c1-9(2,10)7-4-3-5-8(11)6-7/h3-6,10H,1-2,11H3. The van der Waals surface area contributed by atoms with Crippen LogP contribution in [0.5, 0.6) is 0 Å². The quantitative estimate of drug-likeness (QED) is 0.578. The Morgan fingerprint density at radius 3 is 2.36 bits per heavy atom. The van der Waals surface area contributed by atoms with Gasteiger partial charge in [0.1, 0.15) is 0 Å². The summed E-state index contributed by atoms with van der Waals surface area (Å²) in [6.45, 7) is 3.62. The van der Waals surface area contributed by atoms with Crippen molar-refractivity contribution in [2.45, 2.75) is 19.4 Å². The average Bonchev–Trinajstić information content (AvgIpc) is 1.86. The molecule has 0 unspecified atom stereocenters. The molecule has 0 aliphatic heterocycles. The van der Waals surface area contributed by atoms with Crippen molar-refractivity contribution in [3.8, 4) is 0 Å². The van der Waals surface area contributed by atoms with Gasteiger partial charge in [-0.2, -0.15) is 0 Å². The molecule has 0 fully saturated rings. The Labute approximate surface area is 70.5 Å². The van der Waals surface area contributed by atoms with Gasteiger partial charge in [-0.05, 0) is 19.4 Å². The number of hydrogen-bond donors (Lipinski definition) is 1. The van der Waals surface area contributed by atoms with Gasteiger partial charge < -0.3 is 5.11 Å². The maximum atomic E-state index is 9.63. The van der Waals surface area contributed by atoms with Gasteiger partial charge in [0, 0.05) is 10.2 Å². The van der Waals surface area contributed by atoms with Crippen molar-refractivity contribution in [3.05, 3.63) is 29.8 Å². The summed E-state index contributed by atoms with van der Waals surface area (Å²) in [6, 6.07) is 8.10. The van der Waals surface area contributed by atoms with Crippen LogP contribution in [0.2, 0.25) is 0 Å². The van der Waals surface area contributed by atoms with E-state index in [0.717, 1.165) is 15.8 Å². The molecule has 0 radical (unpaired) electrons. The Bertz CT molecular complexity index is 250. The van der Waals surface area contributed by atoms with Crippen molar-refractivity contribution in [1.82, 2.24) is 0 Å². The molecule has 0 saturated carbocycles. The lowest BCUT2D eigenvalue weighted by Crippen LogP contribution is -2.17. The van der Waals surface area contributed by atoms with Crippen molar-refractivity contribution in [1.29, 1.82) is 0 Å². The van der Waals surface area contributed by atoms with Gasteiger partial charge in [-0.1, -0.05) is 29.5 Å². The molecule has 1 aromatic carbocycles. The first-order valence-corrected chi connectivity index (χ1v) is 4.79. The molecule has 11 heavy (non-hydrogen) atoms. The summed E-state index contributed by atoms with van der Waals surface area (Å²) in [5.41, 5.74) is 0.311. The zero-order valence-electron chi connectivity index (χ0n) is 7.26. The summed E-state index contributed by atoms with van der Waals surface area (Å²) in [6.07, 6.45) is 0. The van der Waals surface area contributed by atoms with Crippen molar-refractivity contribution >= 4 is 15.4 Å². The molecule has 1 rings (SSSR count). The van der Waals surface area contributed by atoms with Gasteiger partial charge in [-0.3, -0.25) is 0 Å². The minimum Gasteiger partial charge on any atom is -0.386 e. The third-order valence-corrected chi connectivity index (χ3v) is 2.35. The van der Waals surface area contributed by atoms with Crippen LogP contribution in [-0.2, 0) is 5.60 Å². The molecule has 1 aromatic rings. The zero-order chi connectivity index (χ0) is 8.48.